The van der Waals surface area contributed by atoms with E-state index in [0.717, 1.165) is 43.4 Å². The van der Waals surface area contributed by atoms with Crippen LogP contribution in [0.25, 0.3) is 0 Å². The third-order valence-corrected chi connectivity index (χ3v) is 4.85. The Labute approximate surface area is 156 Å². The summed E-state index contributed by atoms with van der Waals surface area (Å²) in [5, 5.41) is 2.83. The lowest BCUT2D eigenvalue weighted by atomic mass is 10.0. The fourth-order valence-electron chi connectivity index (χ4n) is 3.38. The van der Waals surface area contributed by atoms with E-state index in [9.17, 15) is 14.4 Å². The van der Waals surface area contributed by atoms with Gasteiger partial charge in [0.2, 0.25) is 0 Å². The lowest BCUT2D eigenvalue weighted by Gasteiger charge is -2.35. The van der Waals surface area contributed by atoms with Crippen molar-refractivity contribution in [3.05, 3.63) is 62.4 Å². The number of rotatable bonds is 6. The van der Waals surface area contributed by atoms with Crippen LogP contribution in [-0.4, -0.2) is 47.5 Å². The number of nitrogens with one attached hydrogen (secondary N) is 3. The molecule has 0 aliphatic carbocycles. The van der Waals surface area contributed by atoms with Crippen LogP contribution in [0.2, 0.25) is 0 Å². The predicted molar refractivity (Wildman–Crippen MR) is 101 cm³/mol. The van der Waals surface area contributed by atoms with Crippen LogP contribution in [0.1, 0.15) is 41.2 Å². The van der Waals surface area contributed by atoms with Crippen molar-refractivity contribution in [1.82, 2.24) is 20.2 Å². The molecule has 1 aliphatic heterocycles. The molecule has 1 fully saturated rings. The first-order valence-electron chi connectivity index (χ1n) is 9.06. The van der Waals surface area contributed by atoms with E-state index in [0.29, 0.717) is 6.54 Å². The summed E-state index contributed by atoms with van der Waals surface area (Å²) >= 11 is 0. The van der Waals surface area contributed by atoms with Crippen molar-refractivity contribution in [2.75, 3.05) is 26.7 Å². The summed E-state index contributed by atoms with van der Waals surface area (Å²) in [6, 6.07) is 7.80. The standard InChI is InChI=1S/C19H24N4O4/c1-27-14-7-5-13(6-8-14)16(23-9-3-2-4-10-23)12-20-17(24)15-11-21-19(26)22-18(15)25/h5-8,11,16H,2-4,9-10,12H2,1H3,(H,20,24)(H2,21,22,25,26)/t16-/m0/s1. The molecular weight excluding hydrogens is 348 g/mol. The average molecular weight is 372 g/mol. The highest BCUT2D eigenvalue weighted by atomic mass is 16.5. The maximum atomic E-state index is 12.4. The van der Waals surface area contributed by atoms with Gasteiger partial charge in [-0.1, -0.05) is 18.6 Å². The van der Waals surface area contributed by atoms with Gasteiger partial charge in [0.15, 0.2) is 0 Å². The van der Waals surface area contributed by atoms with Crippen molar-refractivity contribution in [1.29, 1.82) is 0 Å². The number of amides is 1. The van der Waals surface area contributed by atoms with Crippen LogP contribution in [0.5, 0.6) is 5.75 Å². The minimum atomic E-state index is -0.699. The Balaban J connectivity index is 1.76. The maximum Gasteiger partial charge on any atom is 0.325 e. The van der Waals surface area contributed by atoms with Gasteiger partial charge in [-0.15, -0.1) is 0 Å². The number of aromatic nitrogens is 2. The highest BCUT2D eigenvalue weighted by Gasteiger charge is 2.23. The number of methoxy groups -OCH3 is 1. The Morgan fingerprint density at radius 2 is 1.89 bits per heavy atom. The molecule has 1 aromatic carbocycles. The van der Waals surface area contributed by atoms with Crippen molar-refractivity contribution < 1.29 is 9.53 Å². The summed E-state index contributed by atoms with van der Waals surface area (Å²) in [6.07, 6.45) is 4.60. The summed E-state index contributed by atoms with van der Waals surface area (Å²) in [5.41, 5.74) is -0.369. The van der Waals surface area contributed by atoms with Crippen molar-refractivity contribution >= 4 is 5.91 Å². The second-order valence-corrected chi connectivity index (χ2v) is 6.58. The van der Waals surface area contributed by atoms with Crippen LogP contribution >= 0.6 is 0 Å². The number of carbonyl (C=O) groups is 1. The molecule has 3 N–H and O–H groups in total. The van der Waals surface area contributed by atoms with E-state index in [1.807, 2.05) is 24.3 Å². The van der Waals surface area contributed by atoms with E-state index in [1.165, 1.54) is 6.42 Å². The number of H-pyrrole nitrogens is 2. The molecule has 1 atom stereocenters. The molecule has 144 valence electrons. The van der Waals surface area contributed by atoms with Crippen LogP contribution in [0.4, 0.5) is 0 Å². The molecule has 1 amide bonds. The number of hydrogen-bond donors (Lipinski definition) is 3. The fourth-order valence-corrected chi connectivity index (χ4v) is 3.38. The number of likely N-dealkylation sites (tertiary alicyclic amines) is 1. The summed E-state index contributed by atoms with van der Waals surface area (Å²) in [7, 11) is 1.62. The van der Waals surface area contributed by atoms with Gasteiger partial charge in [-0.25, -0.2) is 4.79 Å². The molecule has 1 aliphatic rings. The van der Waals surface area contributed by atoms with Crippen LogP contribution in [-0.2, 0) is 0 Å². The van der Waals surface area contributed by atoms with E-state index >= 15 is 0 Å². The van der Waals surface area contributed by atoms with Gasteiger partial charge in [0.1, 0.15) is 11.3 Å². The van der Waals surface area contributed by atoms with Gasteiger partial charge in [-0.3, -0.25) is 19.5 Å². The second kappa shape index (κ2) is 8.68. The van der Waals surface area contributed by atoms with E-state index in [4.69, 9.17) is 4.74 Å². The molecule has 0 spiro atoms. The molecule has 0 bridgehead atoms. The maximum absolute atomic E-state index is 12.4. The molecule has 27 heavy (non-hydrogen) atoms. The van der Waals surface area contributed by atoms with Gasteiger partial charge in [0, 0.05) is 12.7 Å². The Bertz CT molecular complexity index is 882. The first kappa shape index (κ1) is 18.9. The summed E-state index contributed by atoms with van der Waals surface area (Å²) in [6.45, 7) is 2.29. The quantitative estimate of drug-likeness (QED) is 0.702. The summed E-state index contributed by atoms with van der Waals surface area (Å²) < 4.78 is 5.22. The van der Waals surface area contributed by atoms with Crippen LogP contribution < -0.4 is 21.3 Å². The fraction of sp³-hybridized carbons (Fsp3) is 0.421. The Morgan fingerprint density at radius 1 is 1.19 bits per heavy atom. The Kier molecular flexibility index (Phi) is 6.08. The van der Waals surface area contributed by atoms with Crippen molar-refractivity contribution in [3.8, 4) is 5.75 Å². The Hall–Kier alpha value is -2.87. The van der Waals surface area contributed by atoms with Gasteiger partial charge in [-0.2, -0.15) is 0 Å². The van der Waals surface area contributed by atoms with Gasteiger partial charge in [0.25, 0.3) is 11.5 Å². The zero-order chi connectivity index (χ0) is 19.2. The van der Waals surface area contributed by atoms with Gasteiger partial charge < -0.3 is 15.0 Å². The number of aromatic amines is 2. The van der Waals surface area contributed by atoms with E-state index < -0.39 is 17.2 Å². The molecule has 0 radical (unpaired) electrons. The minimum Gasteiger partial charge on any atom is -0.497 e. The van der Waals surface area contributed by atoms with E-state index in [2.05, 4.69) is 20.2 Å². The molecule has 8 nitrogen and oxygen atoms in total. The zero-order valence-corrected chi connectivity index (χ0v) is 15.3. The largest absolute Gasteiger partial charge is 0.497 e. The minimum absolute atomic E-state index is 0.00185. The number of hydrogen-bond acceptors (Lipinski definition) is 5. The molecular formula is C19H24N4O4. The average Bonchev–Trinajstić information content (AvgIpc) is 2.69. The van der Waals surface area contributed by atoms with Gasteiger partial charge in [-0.05, 0) is 43.6 Å². The first-order chi connectivity index (χ1) is 13.1. The third-order valence-electron chi connectivity index (χ3n) is 4.85. The monoisotopic (exact) mass is 372 g/mol. The van der Waals surface area contributed by atoms with Crippen molar-refractivity contribution in [2.45, 2.75) is 25.3 Å². The predicted octanol–water partition coefficient (Wildman–Crippen LogP) is 1.03. The lowest BCUT2D eigenvalue weighted by molar-refractivity contribution is 0.0922. The van der Waals surface area contributed by atoms with Crippen LogP contribution in [0.3, 0.4) is 0 Å². The topological polar surface area (TPSA) is 107 Å². The molecule has 0 unspecified atom stereocenters. The summed E-state index contributed by atoms with van der Waals surface area (Å²) in [4.78, 5) is 42.1. The smallest absolute Gasteiger partial charge is 0.325 e. The van der Waals surface area contributed by atoms with Gasteiger partial charge >= 0.3 is 5.69 Å². The number of nitrogens with zero attached hydrogens (tertiary/aromatic N) is 1. The molecule has 0 saturated carbocycles. The normalized spacial score (nSPS) is 15.9. The number of ether oxygens (including phenoxy) is 1. The molecule has 3 rings (SSSR count). The van der Waals surface area contributed by atoms with Crippen LogP contribution in [0, 0.1) is 0 Å². The van der Waals surface area contributed by atoms with Gasteiger partial charge in [0.05, 0.1) is 13.2 Å². The molecule has 2 heterocycles. The van der Waals surface area contributed by atoms with Crippen molar-refractivity contribution in [3.63, 3.8) is 0 Å². The van der Waals surface area contributed by atoms with Crippen LogP contribution in [0.15, 0.2) is 40.1 Å². The van der Waals surface area contributed by atoms with Crippen molar-refractivity contribution in [2.24, 2.45) is 0 Å². The molecule has 8 heteroatoms. The number of carbonyl (C=O) groups excluding carboxylic acids is 1. The third kappa shape index (κ3) is 4.65. The molecule has 2 aromatic rings. The number of benzene rings is 1. The van der Waals surface area contributed by atoms with E-state index in [1.54, 1.807) is 7.11 Å². The summed E-state index contributed by atoms with van der Waals surface area (Å²) in [5.74, 6) is 0.267. The highest BCUT2D eigenvalue weighted by molar-refractivity contribution is 5.93. The molecule has 1 saturated heterocycles. The zero-order valence-electron chi connectivity index (χ0n) is 15.3. The first-order valence-corrected chi connectivity index (χ1v) is 9.06. The van der Waals surface area contributed by atoms with E-state index in [-0.39, 0.29) is 11.6 Å². The molecule has 1 aromatic heterocycles. The Morgan fingerprint density at radius 3 is 2.52 bits per heavy atom. The SMILES string of the molecule is COc1ccc([C@H](CNC(=O)c2c[nH]c(=O)[nH]c2=O)N2CCCCC2)cc1. The highest BCUT2D eigenvalue weighted by Crippen LogP contribution is 2.25. The number of piperidine rings is 1. The lowest BCUT2D eigenvalue weighted by Crippen LogP contribution is -2.42. The second-order valence-electron chi connectivity index (χ2n) is 6.58.